The van der Waals surface area contributed by atoms with Gasteiger partial charge in [-0.25, -0.2) is 0 Å². The van der Waals surface area contributed by atoms with Crippen molar-refractivity contribution in [1.29, 1.82) is 5.41 Å². The average Bonchev–Trinajstić information content (AvgIpc) is 2.06. The largest absolute Gasteiger partial charge is 0.384 e. The van der Waals surface area contributed by atoms with Crippen LogP contribution in [0.3, 0.4) is 0 Å². The van der Waals surface area contributed by atoms with Crippen LogP contribution in [0.2, 0.25) is 0 Å². The summed E-state index contributed by atoms with van der Waals surface area (Å²) in [5.74, 6) is 0.123. The van der Waals surface area contributed by atoms with Gasteiger partial charge in [0.15, 0.2) is 0 Å². The van der Waals surface area contributed by atoms with Crippen molar-refractivity contribution in [3.63, 3.8) is 0 Å². The molecule has 0 spiro atoms. The van der Waals surface area contributed by atoms with Crippen LogP contribution in [0.5, 0.6) is 0 Å². The van der Waals surface area contributed by atoms with Gasteiger partial charge in [-0.15, -0.1) is 0 Å². The van der Waals surface area contributed by atoms with E-state index >= 15 is 0 Å². The summed E-state index contributed by atoms with van der Waals surface area (Å²) in [6.45, 7) is 2.10. The highest BCUT2D eigenvalue weighted by molar-refractivity contribution is 5.94. The second-order valence-corrected chi connectivity index (χ2v) is 2.65. The second-order valence-electron chi connectivity index (χ2n) is 2.65. The lowest BCUT2D eigenvalue weighted by Crippen LogP contribution is -2.10. The van der Waals surface area contributed by atoms with E-state index in [1.54, 1.807) is 0 Å². The third-order valence-corrected chi connectivity index (χ3v) is 1.66. The van der Waals surface area contributed by atoms with E-state index in [9.17, 15) is 0 Å². The van der Waals surface area contributed by atoms with Crippen molar-refractivity contribution in [2.75, 3.05) is 0 Å². The number of nitrogens with two attached hydrogens (primary N) is 1. The zero-order valence-electron chi connectivity index (χ0n) is 7.17. The predicted molar refractivity (Wildman–Crippen MR) is 51.2 cm³/mol. The van der Waals surface area contributed by atoms with E-state index in [1.807, 2.05) is 24.3 Å². The lowest BCUT2D eigenvalue weighted by atomic mass is 10.1. The molecule has 1 radical (unpaired) electrons. The van der Waals surface area contributed by atoms with Gasteiger partial charge >= 0.3 is 0 Å². The molecule has 0 atom stereocenters. The molecule has 3 N–H and O–H groups in total. The average molecular weight is 161 g/mol. The zero-order chi connectivity index (χ0) is 8.97. The Morgan fingerprint density at radius 1 is 1.42 bits per heavy atom. The number of rotatable bonds is 3. The first-order valence-corrected chi connectivity index (χ1v) is 4.01. The van der Waals surface area contributed by atoms with Gasteiger partial charge in [-0.1, -0.05) is 31.2 Å². The van der Waals surface area contributed by atoms with Gasteiger partial charge in [0.05, 0.1) is 0 Å². The Labute approximate surface area is 72.9 Å². The zero-order valence-corrected chi connectivity index (χ0v) is 7.17. The summed E-state index contributed by atoms with van der Waals surface area (Å²) in [7, 11) is 0. The van der Waals surface area contributed by atoms with Gasteiger partial charge in [0.2, 0.25) is 0 Å². The molecule has 0 aliphatic heterocycles. The Morgan fingerprint density at radius 3 is 2.42 bits per heavy atom. The number of benzene rings is 1. The Balaban J connectivity index is 2.78. The molecule has 2 heteroatoms. The van der Waals surface area contributed by atoms with E-state index in [0.29, 0.717) is 0 Å². The van der Waals surface area contributed by atoms with Crippen molar-refractivity contribution >= 4 is 5.84 Å². The normalized spacial score (nSPS) is 9.75. The van der Waals surface area contributed by atoms with Gasteiger partial charge in [-0.3, -0.25) is 5.41 Å². The summed E-state index contributed by atoms with van der Waals surface area (Å²) in [4.78, 5) is 0. The fourth-order valence-electron chi connectivity index (χ4n) is 1.03. The van der Waals surface area contributed by atoms with Crippen LogP contribution >= 0.6 is 0 Å². The Morgan fingerprint density at radius 2 is 2.00 bits per heavy atom. The molecule has 0 bridgehead atoms. The molecule has 1 aromatic rings. The quantitative estimate of drug-likeness (QED) is 0.516. The maximum absolute atomic E-state index is 7.18. The van der Waals surface area contributed by atoms with Crippen LogP contribution in [0.4, 0.5) is 0 Å². The van der Waals surface area contributed by atoms with Crippen molar-refractivity contribution in [3.05, 3.63) is 41.8 Å². The highest BCUT2D eigenvalue weighted by Gasteiger charge is 1.95. The van der Waals surface area contributed by atoms with Crippen LogP contribution in [-0.4, -0.2) is 5.84 Å². The molecule has 63 valence electrons. The van der Waals surface area contributed by atoms with Gasteiger partial charge in [0.25, 0.3) is 0 Å². The van der Waals surface area contributed by atoms with Gasteiger partial charge < -0.3 is 5.73 Å². The Hall–Kier alpha value is -1.31. The highest BCUT2D eigenvalue weighted by atomic mass is 14.7. The number of hydrogen-bond donors (Lipinski definition) is 2. The van der Waals surface area contributed by atoms with E-state index in [-0.39, 0.29) is 5.84 Å². The maximum Gasteiger partial charge on any atom is 0.122 e. The fourth-order valence-corrected chi connectivity index (χ4v) is 1.03. The third-order valence-electron chi connectivity index (χ3n) is 1.66. The molecule has 0 amide bonds. The molecule has 0 heterocycles. The Kier molecular flexibility index (Phi) is 2.86. The number of nitrogens with one attached hydrogen (secondary N) is 1. The number of nitrogen functional groups attached to an aromatic ring is 1. The molecule has 0 aliphatic rings. The molecule has 0 unspecified atom stereocenters. The van der Waals surface area contributed by atoms with E-state index < -0.39 is 0 Å². The molecule has 1 aromatic carbocycles. The summed E-state index contributed by atoms with van der Waals surface area (Å²) in [6.07, 6.45) is 3.16. The van der Waals surface area contributed by atoms with Crippen LogP contribution in [0.25, 0.3) is 0 Å². The van der Waals surface area contributed by atoms with Crippen LogP contribution in [0.15, 0.2) is 24.3 Å². The third kappa shape index (κ3) is 2.09. The minimum absolute atomic E-state index is 0.123. The van der Waals surface area contributed by atoms with Crippen molar-refractivity contribution < 1.29 is 0 Å². The summed E-state index contributed by atoms with van der Waals surface area (Å²) < 4.78 is 0. The molecule has 2 nitrogen and oxygen atoms in total. The van der Waals surface area contributed by atoms with Gasteiger partial charge in [0, 0.05) is 5.56 Å². The monoisotopic (exact) mass is 161 g/mol. The highest BCUT2D eigenvalue weighted by Crippen LogP contribution is 2.07. The molecule has 12 heavy (non-hydrogen) atoms. The molecule has 0 saturated heterocycles. The lowest BCUT2D eigenvalue weighted by Gasteiger charge is -2.00. The first-order valence-electron chi connectivity index (χ1n) is 4.01. The van der Waals surface area contributed by atoms with Gasteiger partial charge in [0.1, 0.15) is 5.84 Å². The summed E-state index contributed by atoms with van der Waals surface area (Å²) in [6, 6.07) is 7.67. The van der Waals surface area contributed by atoms with E-state index in [0.717, 1.165) is 12.0 Å². The van der Waals surface area contributed by atoms with Crippen LogP contribution in [0, 0.1) is 11.8 Å². The van der Waals surface area contributed by atoms with E-state index in [4.69, 9.17) is 11.1 Å². The Bertz CT molecular complexity index is 262. The SMILES string of the molecule is CC[CH]c1ccc(C(=N)N)cc1. The second kappa shape index (κ2) is 3.90. The van der Waals surface area contributed by atoms with Crippen molar-refractivity contribution in [3.8, 4) is 0 Å². The van der Waals surface area contributed by atoms with Crippen molar-refractivity contribution in [1.82, 2.24) is 0 Å². The van der Waals surface area contributed by atoms with Gasteiger partial charge in [-0.05, 0) is 18.4 Å². The number of hydrogen-bond acceptors (Lipinski definition) is 1. The molecule has 0 aliphatic carbocycles. The maximum atomic E-state index is 7.18. The van der Waals surface area contributed by atoms with Crippen LogP contribution in [-0.2, 0) is 0 Å². The van der Waals surface area contributed by atoms with Crippen LogP contribution in [0.1, 0.15) is 24.5 Å². The predicted octanol–water partition coefficient (Wildman–Crippen LogP) is 1.93. The summed E-state index contributed by atoms with van der Waals surface area (Å²) >= 11 is 0. The lowest BCUT2D eigenvalue weighted by molar-refractivity contribution is 1.12. The summed E-state index contributed by atoms with van der Waals surface area (Å²) in [5, 5.41) is 7.18. The van der Waals surface area contributed by atoms with Gasteiger partial charge in [-0.2, -0.15) is 0 Å². The molecular weight excluding hydrogens is 148 g/mol. The summed E-state index contributed by atoms with van der Waals surface area (Å²) in [5.41, 5.74) is 7.27. The fraction of sp³-hybridized carbons (Fsp3) is 0.200. The first-order chi connectivity index (χ1) is 5.74. The van der Waals surface area contributed by atoms with E-state index in [2.05, 4.69) is 13.3 Å². The number of amidine groups is 1. The minimum Gasteiger partial charge on any atom is -0.384 e. The molecule has 0 saturated carbocycles. The smallest absolute Gasteiger partial charge is 0.122 e. The first kappa shape index (κ1) is 8.78. The van der Waals surface area contributed by atoms with Crippen molar-refractivity contribution in [2.24, 2.45) is 5.73 Å². The standard InChI is InChI=1S/C10H13N2/c1-2-3-8-4-6-9(7-5-8)10(11)12/h3-7H,2H2,1H3,(H3,11,12). The topological polar surface area (TPSA) is 49.9 Å². The molecule has 1 rings (SSSR count). The minimum atomic E-state index is 0.123. The van der Waals surface area contributed by atoms with Crippen molar-refractivity contribution in [2.45, 2.75) is 13.3 Å². The van der Waals surface area contributed by atoms with E-state index in [1.165, 1.54) is 5.56 Å². The molecule has 0 aromatic heterocycles. The van der Waals surface area contributed by atoms with Crippen LogP contribution < -0.4 is 5.73 Å². The molecule has 0 fully saturated rings. The molecular formula is C10H13N2.